The average Bonchev–Trinajstić information content (AvgIpc) is 2.54. The van der Waals surface area contributed by atoms with E-state index in [0.717, 1.165) is 30.4 Å². The first kappa shape index (κ1) is 15.3. The van der Waals surface area contributed by atoms with E-state index in [1.54, 1.807) is 0 Å². The van der Waals surface area contributed by atoms with Gasteiger partial charge in [0.15, 0.2) is 0 Å². The summed E-state index contributed by atoms with van der Waals surface area (Å²) in [7, 11) is 0. The summed E-state index contributed by atoms with van der Waals surface area (Å²) in [6.45, 7) is 2.64. The molecule has 0 aromatic heterocycles. The Morgan fingerprint density at radius 1 is 0.905 bits per heavy atom. The fourth-order valence-electron chi connectivity index (χ4n) is 2.36. The van der Waals surface area contributed by atoms with Crippen LogP contribution in [0.25, 0.3) is 0 Å². The van der Waals surface area contributed by atoms with E-state index in [0.29, 0.717) is 6.61 Å². The van der Waals surface area contributed by atoms with Gasteiger partial charge in [0.2, 0.25) is 0 Å². The Morgan fingerprint density at radius 2 is 1.43 bits per heavy atom. The summed E-state index contributed by atoms with van der Waals surface area (Å²) < 4.78 is 5.48. The summed E-state index contributed by atoms with van der Waals surface area (Å²) in [6, 6.07) is 19.6. The van der Waals surface area contributed by atoms with Gasteiger partial charge in [0.1, 0.15) is 5.92 Å². The van der Waals surface area contributed by atoms with Crippen molar-refractivity contribution in [2.45, 2.75) is 32.1 Å². The molecule has 0 fully saturated rings. The molecule has 0 amide bonds. The molecule has 0 heterocycles. The highest BCUT2D eigenvalue weighted by molar-refractivity contribution is 5.82. The van der Waals surface area contributed by atoms with Crippen LogP contribution in [-0.2, 0) is 9.53 Å². The van der Waals surface area contributed by atoms with Crippen molar-refractivity contribution >= 4 is 5.97 Å². The van der Waals surface area contributed by atoms with Crippen molar-refractivity contribution in [1.82, 2.24) is 0 Å². The maximum Gasteiger partial charge on any atom is 0.317 e. The van der Waals surface area contributed by atoms with Crippen LogP contribution in [-0.4, -0.2) is 12.6 Å². The first-order valence-electron chi connectivity index (χ1n) is 7.59. The fraction of sp³-hybridized carbons (Fsp3) is 0.316. The average molecular weight is 282 g/mol. The lowest BCUT2D eigenvalue weighted by Gasteiger charge is -2.17. The number of carbonyl (C=O) groups excluding carboxylic acids is 1. The molecule has 2 aromatic rings. The van der Waals surface area contributed by atoms with Gasteiger partial charge in [-0.15, -0.1) is 0 Å². The molecule has 0 aliphatic carbocycles. The third kappa shape index (κ3) is 4.45. The number of hydrogen-bond donors (Lipinski definition) is 0. The molecule has 0 bridgehead atoms. The van der Waals surface area contributed by atoms with Gasteiger partial charge in [0.25, 0.3) is 0 Å². The summed E-state index contributed by atoms with van der Waals surface area (Å²) in [5.74, 6) is -0.502. The van der Waals surface area contributed by atoms with Crippen LogP contribution in [0.3, 0.4) is 0 Å². The van der Waals surface area contributed by atoms with Crippen LogP contribution in [0.5, 0.6) is 0 Å². The van der Waals surface area contributed by atoms with Crippen molar-refractivity contribution < 1.29 is 9.53 Å². The van der Waals surface area contributed by atoms with Crippen LogP contribution in [0, 0.1) is 0 Å². The molecule has 2 heteroatoms. The largest absolute Gasteiger partial charge is 0.465 e. The maximum atomic E-state index is 12.5. The predicted octanol–water partition coefficient (Wildman–Crippen LogP) is 4.55. The maximum absolute atomic E-state index is 12.5. The van der Waals surface area contributed by atoms with E-state index in [-0.39, 0.29) is 11.9 Å². The molecule has 0 spiro atoms. The summed E-state index contributed by atoms with van der Waals surface area (Å²) in [6.07, 6.45) is 3.14. The number of rotatable bonds is 7. The Hall–Kier alpha value is -2.09. The Labute approximate surface area is 126 Å². The Morgan fingerprint density at radius 3 is 1.90 bits per heavy atom. The highest BCUT2D eigenvalue weighted by Gasteiger charge is 2.23. The van der Waals surface area contributed by atoms with E-state index >= 15 is 0 Å². The van der Waals surface area contributed by atoms with Gasteiger partial charge in [0.05, 0.1) is 6.61 Å². The van der Waals surface area contributed by atoms with E-state index in [2.05, 4.69) is 6.92 Å². The molecule has 110 valence electrons. The highest BCUT2D eigenvalue weighted by Crippen LogP contribution is 2.26. The first-order chi connectivity index (χ1) is 10.3. The number of hydrogen-bond acceptors (Lipinski definition) is 2. The molecule has 0 N–H and O–H groups in total. The smallest absolute Gasteiger partial charge is 0.317 e. The van der Waals surface area contributed by atoms with Crippen molar-refractivity contribution in [3.8, 4) is 0 Å². The van der Waals surface area contributed by atoms with Crippen molar-refractivity contribution in [2.75, 3.05) is 6.61 Å². The topological polar surface area (TPSA) is 26.3 Å². The Balaban J connectivity index is 2.15. The van der Waals surface area contributed by atoms with Crippen LogP contribution >= 0.6 is 0 Å². The molecular weight excluding hydrogens is 260 g/mol. The van der Waals surface area contributed by atoms with Gasteiger partial charge in [-0.3, -0.25) is 4.79 Å². The Kier molecular flexibility index (Phi) is 6.01. The quantitative estimate of drug-likeness (QED) is 0.550. The molecular formula is C19H22O2. The van der Waals surface area contributed by atoms with Gasteiger partial charge in [0, 0.05) is 0 Å². The van der Waals surface area contributed by atoms with Gasteiger partial charge in [-0.1, -0.05) is 80.4 Å². The second-order valence-corrected chi connectivity index (χ2v) is 5.13. The molecule has 0 saturated carbocycles. The van der Waals surface area contributed by atoms with Crippen LogP contribution < -0.4 is 0 Å². The molecule has 2 rings (SSSR count). The van der Waals surface area contributed by atoms with E-state index < -0.39 is 0 Å². The minimum atomic E-state index is -0.339. The molecule has 0 aliphatic heterocycles. The predicted molar refractivity (Wildman–Crippen MR) is 85.2 cm³/mol. The second kappa shape index (κ2) is 8.25. The van der Waals surface area contributed by atoms with Crippen LogP contribution in [0.2, 0.25) is 0 Å². The van der Waals surface area contributed by atoms with Crippen molar-refractivity contribution in [1.29, 1.82) is 0 Å². The molecule has 0 atom stereocenters. The zero-order valence-electron chi connectivity index (χ0n) is 12.5. The molecule has 0 radical (unpaired) electrons. The van der Waals surface area contributed by atoms with Crippen molar-refractivity contribution in [2.24, 2.45) is 0 Å². The lowest BCUT2D eigenvalue weighted by Crippen LogP contribution is -2.18. The number of benzene rings is 2. The SMILES string of the molecule is CCCCCOC(=O)C(c1ccccc1)c1ccccc1. The van der Waals surface area contributed by atoms with E-state index in [1.165, 1.54) is 0 Å². The summed E-state index contributed by atoms with van der Waals surface area (Å²) >= 11 is 0. The molecule has 0 unspecified atom stereocenters. The lowest BCUT2D eigenvalue weighted by molar-refractivity contribution is -0.144. The highest BCUT2D eigenvalue weighted by atomic mass is 16.5. The third-order valence-corrected chi connectivity index (χ3v) is 3.49. The molecule has 21 heavy (non-hydrogen) atoms. The van der Waals surface area contributed by atoms with Crippen molar-refractivity contribution in [3.05, 3.63) is 71.8 Å². The minimum Gasteiger partial charge on any atom is -0.465 e. The molecule has 0 aliphatic rings. The summed E-state index contributed by atoms with van der Waals surface area (Å²) in [4.78, 5) is 12.5. The minimum absolute atomic E-state index is 0.163. The fourth-order valence-corrected chi connectivity index (χ4v) is 2.36. The van der Waals surface area contributed by atoms with E-state index in [9.17, 15) is 4.79 Å². The Bertz CT molecular complexity index is 495. The summed E-state index contributed by atoms with van der Waals surface area (Å²) in [5.41, 5.74) is 1.95. The normalized spacial score (nSPS) is 10.6. The molecule has 2 nitrogen and oxygen atoms in total. The third-order valence-electron chi connectivity index (χ3n) is 3.49. The number of esters is 1. The van der Waals surface area contributed by atoms with Gasteiger partial charge >= 0.3 is 5.97 Å². The van der Waals surface area contributed by atoms with Gasteiger partial charge in [-0.05, 0) is 17.5 Å². The number of ether oxygens (including phenoxy) is 1. The number of carbonyl (C=O) groups is 1. The number of unbranched alkanes of at least 4 members (excludes halogenated alkanes) is 2. The standard InChI is InChI=1S/C19H22O2/c1-2-3-10-15-21-19(20)18(16-11-6-4-7-12-16)17-13-8-5-9-14-17/h4-9,11-14,18H,2-3,10,15H2,1H3. The van der Waals surface area contributed by atoms with Crippen molar-refractivity contribution in [3.63, 3.8) is 0 Å². The molecule has 0 saturated heterocycles. The van der Waals surface area contributed by atoms with Crippen LogP contribution in [0.1, 0.15) is 43.2 Å². The summed E-state index contributed by atoms with van der Waals surface area (Å²) in [5, 5.41) is 0. The first-order valence-corrected chi connectivity index (χ1v) is 7.59. The van der Waals surface area contributed by atoms with Gasteiger partial charge in [-0.2, -0.15) is 0 Å². The molecule has 2 aromatic carbocycles. The lowest BCUT2D eigenvalue weighted by atomic mass is 9.91. The zero-order valence-corrected chi connectivity index (χ0v) is 12.5. The van der Waals surface area contributed by atoms with Crippen LogP contribution in [0.15, 0.2) is 60.7 Å². The van der Waals surface area contributed by atoms with Gasteiger partial charge in [-0.25, -0.2) is 0 Å². The van der Waals surface area contributed by atoms with E-state index in [4.69, 9.17) is 4.74 Å². The van der Waals surface area contributed by atoms with Gasteiger partial charge < -0.3 is 4.74 Å². The zero-order chi connectivity index (χ0) is 14.9. The second-order valence-electron chi connectivity index (χ2n) is 5.13. The van der Waals surface area contributed by atoms with Crippen LogP contribution in [0.4, 0.5) is 0 Å². The monoisotopic (exact) mass is 282 g/mol. The van der Waals surface area contributed by atoms with E-state index in [1.807, 2.05) is 60.7 Å².